The van der Waals surface area contributed by atoms with Gasteiger partial charge in [0.1, 0.15) is 5.75 Å². The zero-order valence-corrected chi connectivity index (χ0v) is 8.97. The summed E-state index contributed by atoms with van der Waals surface area (Å²) in [6, 6.07) is 6.89. The molecule has 0 spiro atoms. The van der Waals surface area contributed by atoms with Crippen molar-refractivity contribution < 1.29 is 22.7 Å². The van der Waals surface area contributed by atoms with E-state index in [4.69, 9.17) is 4.74 Å². The molecule has 2 rings (SSSR count). The molecule has 0 aliphatic carbocycles. The minimum atomic E-state index is -4.90. The van der Waals surface area contributed by atoms with E-state index in [0.29, 0.717) is 5.75 Å². The highest BCUT2D eigenvalue weighted by atomic mass is 19.4. The lowest BCUT2D eigenvalue weighted by molar-refractivity contribution is -0.178. The van der Waals surface area contributed by atoms with Gasteiger partial charge >= 0.3 is 12.1 Å². The highest BCUT2D eigenvalue weighted by molar-refractivity contribution is 5.82. The minimum Gasteiger partial charge on any atom is -0.468 e. The Hall–Kier alpha value is -1.72. The Kier molecular flexibility index (Phi) is 2.52. The van der Waals surface area contributed by atoms with Gasteiger partial charge in [0.2, 0.25) is 0 Å². The summed E-state index contributed by atoms with van der Waals surface area (Å²) in [5, 5.41) is 1.86. The van der Waals surface area contributed by atoms with Gasteiger partial charge in [-0.25, -0.2) is 0 Å². The van der Waals surface area contributed by atoms with Crippen LogP contribution >= 0.6 is 0 Å². The van der Waals surface area contributed by atoms with Crippen LogP contribution in [0, 0.1) is 0 Å². The summed E-state index contributed by atoms with van der Waals surface area (Å²) in [6.45, 7) is 1.41. The predicted octanol–water partition coefficient (Wildman–Crippen LogP) is 2.02. The monoisotopic (exact) mass is 245 g/mol. The van der Waals surface area contributed by atoms with Crippen molar-refractivity contribution in [2.75, 3.05) is 0 Å². The van der Waals surface area contributed by atoms with Crippen LogP contribution in [0.25, 0.3) is 0 Å². The smallest absolute Gasteiger partial charge is 0.468 e. The molecule has 1 aliphatic heterocycles. The number of nitrogens with one attached hydrogen (secondary N) is 1. The Labute approximate surface area is 95.6 Å². The third-order valence-electron chi connectivity index (χ3n) is 2.47. The lowest BCUT2D eigenvalue weighted by atomic mass is 10.1. The van der Waals surface area contributed by atoms with Gasteiger partial charge in [-0.2, -0.15) is 13.2 Å². The van der Waals surface area contributed by atoms with Gasteiger partial charge in [0.15, 0.2) is 5.72 Å². The lowest BCUT2D eigenvalue weighted by Crippen LogP contribution is -2.53. The molecule has 0 radical (unpaired) electrons. The first kappa shape index (κ1) is 11.8. The molecule has 0 aromatic heterocycles. The number of amides is 1. The van der Waals surface area contributed by atoms with Crippen LogP contribution in [0.1, 0.15) is 12.5 Å². The second-order valence-corrected chi connectivity index (χ2v) is 4.07. The van der Waals surface area contributed by atoms with Crippen LogP contribution in [-0.4, -0.2) is 17.8 Å². The van der Waals surface area contributed by atoms with Crippen LogP contribution in [0.5, 0.6) is 5.75 Å². The van der Waals surface area contributed by atoms with Gasteiger partial charge in [0.25, 0.3) is 0 Å². The van der Waals surface area contributed by atoms with E-state index in [1.54, 1.807) is 24.3 Å². The van der Waals surface area contributed by atoms with Crippen LogP contribution in [-0.2, 0) is 11.2 Å². The molecule has 1 aliphatic rings. The average Bonchev–Trinajstić information content (AvgIpc) is 2.51. The summed E-state index contributed by atoms with van der Waals surface area (Å²) < 4.78 is 41.7. The number of carbonyl (C=O) groups excluding carboxylic acids is 1. The Morgan fingerprint density at radius 1 is 1.41 bits per heavy atom. The Bertz CT molecular complexity index is 431. The van der Waals surface area contributed by atoms with E-state index in [-0.39, 0.29) is 6.42 Å². The zero-order chi connectivity index (χ0) is 12.7. The topological polar surface area (TPSA) is 38.3 Å². The maximum Gasteiger partial charge on any atom is 0.471 e. The van der Waals surface area contributed by atoms with Gasteiger partial charge < -0.3 is 10.1 Å². The molecule has 0 fully saturated rings. The number of hydrogen-bond donors (Lipinski definition) is 1. The molecule has 0 saturated carbocycles. The summed E-state index contributed by atoms with van der Waals surface area (Å²) in [5.74, 6) is -1.50. The Morgan fingerprint density at radius 2 is 2.06 bits per heavy atom. The van der Waals surface area contributed by atoms with E-state index in [0.717, 1.165) is 5.56 Å². The first-order valence-corrected chi connectivity index (χ1v) is 4.96. The van der Waals surface area contributed by atoms with Crippen molar-refractivity contribution in [1.82, 2.24) is 5.32 Å². The van der Waals surface area contributed by atoms with Gasteiger partial charge in [0, 0.05) is 12.0 Å². The summed E-state index contributed by atoms with van der Waals surface area (Å²) in [7, 11) is 0. The number of ether oxygens (including phenoxy) is 1. The lowest BCUT2D eigenvalue weighted by Gasteiger charge is -2.25. The summed E-state index contributed by atoms with van der Waals surface area (Å²) in [4.78, 5) is 10.9. The number of rotatable bonds is 1. The second-order valence-electron chi connectivity index (χ2n) is 4.07. The first-order chi connectivity index (χ1) is 7.80. The van der Waals surface area contributed by atoms with Crippen molar-refractivity contribution in [2.45, 2.75) is 25.2 Å². The van der Waals surface area contributed by atoms with Crippen molar-refractivity contribution in [2.24, 2.45) is 0 Å². The third-order valence-corrected chi connectivity index (χ3v) is 2.47. The van der Waals surface area contributed by atoms with Crippen molar-refractivity contribution in [3.05, 3.63) is 29.8 Å². The maximum atomic E-state index is 12.1. The van der Waals surface area contributed by atoms with Crippen LogP contribution in [0.3, 0.4) is 0 Å². The number of fused-ring (bicyclic) bond motifs is 1. The van der Waals surface area contributed by atoms with E-state index in [1.165, 1.54) is 6.92 Å². The molecule has 1 heterocycles. The molecular formula is C11H10F3NO2. The van der Waals surface area contributed by atoms with E-state index < -0.39 is 17.8 Å². The maximum absolute atomic E-state index is 12.1. The second kappa shape index (κ2) is 3.65. The van der Waals surface area contributed by atoms with Gasteiger partial charge in [-0.3, -0.25) is 4.79 Å². The highest BCUT2D eigenvalue weighted by Crippen LogP contribution is 2.33. The van der Waals surface area contributed by atoms with Crippen LogP contribution < -0.4 is 10.1 Å². The first-order valence-electron chi connectivity index (χ1n) is 4.96. The van der Waals surface area contributed by atoms with Crippen LogP contribution in [0.4, 0.5) is 13.2 Å². The zero-order valence-electron chi connectivity index (χ0n) is 8.97. The number of hydrogen-bond acceptors (Lipinski definition) is 2. The number of benzene rings is 1. The SMILES string of the molecule is CC1(NC(=O)C(F)(F)F)Cc2ccccc2O1. The fourth-order valence-corrected chi connectivity index (χ4v) is 1.77. The van der Waals surface area contributed by atoms with Crippen molar-refractivity contribution >= 4 is 5.91 Å². The van der Waals surface area contributed by atoms with Crippen LogP contribution in [0.2, 0.25) is 0 Å². The molecule has 3 nitrogen and oxygen atoms in total. The molecule has 0 saturated heterocycles. The number of carbonyl (C=O) groups is 1. The fourth-order valence-electron chi connectivity index (χ4n) is 1.77. The molecule has 6 heteroatoms. The molecule has 1 aromatic rings. The summed E-state index contributed by atoms with van der Waals surface area (Å²) in [6.07, 6.45) is -4.69. The van der Waals surface area contributed by atoms with Gasteiger partial charge in [-0.15, -0.1) is 0 Å². The number of para-hydroxylation sites is 1. The van der Waals surface area contributed by atoms with E-state index in [1.807, 2.05) is 5.32 Å². The van der Waals surface area contributed by atoms with Gasteiger partial charge in [-0.05, 0) is 13.0 Å². The van der Waals surface area contributed by atoms with E-state index >= 15 is 0 Å². The van der Waals surface area contributed by atoms with Crippen molar-refractivity contribution in [3.63, 3.8) is 0 Å². The molecule has 1 aromatic carbocycles. The fraction of sp³-hybridized carbons (Fsp3) is 0.364. The van der Waals surface area contributed by atoms with Crippen molar-refractivity contribution in [1.29, 1.82) is 0 Å². The minimum absolute atomic E-state index is 0.213. The molecule has 1 amide bonds. The molecule has 1 atom stereocenters. The van der Waals surface area contributed by atoms with E-state index in [2.05, 4.69) is 0 Å². The average molecular weight is 245 g/mol. The Balaban J connectivity index is 2.13. The normalized spacial score (nSPS) is 22.8. The summed E-state index contributed by atoms with van der Waals surface area (Å²) >= 11 is 0. The van der Waals surface area contributed by atoms with Crippen molar-refractivity contribution in [3.8, 4) is 5.75 Å². The number of halogens is 3. The predicted molar refractivity (Wildman–Crippen MR) is 53.4 cm³/mol. The quantitative estimate of drug-likeness (QED) is 0.822. The molecule has 1 N–H and O–H groups in total. The molecule has 92 valence electrons. The van der Waals surface area contributed by atoms with Crippen LogP contribution in [0.15, 0.2) is 24.3 Å². The molecule has 17 heavy (non-hydrogen) atoms. The number of alkyl halides is 3. The Morgan fingerprint density at radius 3 is 2.65 bits per heavy atom. The standard InChI is InChI=1S/C11H10F3NO2/c1-10(15-9(16)11(12,13)14)6-7-4-2-3-5-8(7)17-10/h2-5H,6H2,1H3,(H,15,16). The van der Waals surface area contributed by atoms with Gasteiger partial charge in [-0.1, -0.05) is 18.2 Å². The van der Waals surface area contributed by atoms with E-state index in [9.17, 15) is 18.0 Å². The third kappa shape index (κ3) is 2.35. The summed E-state index contributed by atoms with van der Waals surface area (Å²) in [5.41, 5.74) is -0.562. The van der Waals surface area contributed by atoms with Gasteiger partial charge in [0.05, 0.1) is 0 Å². The molecular weight excluding hydrogens is 235 g/mol. The molecule has 0 bridgehead atoms. The highest BCUT2D eigenvalue weighted by Gasteiger charge is 2.45. The molecule has 1 unspecified atom stereocenters. The largest absolute Gasteiger partial charge is 0.471 e.